The Balaban J connectivity index is -0.000000117. The van der Waals surface area contributed by atoms with Gasteiger partial charge < -0.3 is 13.8 Å². The predicted molar refractivity (Wildman–Crippen MR) is 64.0 cm³/mol. The zero-order valence-electron chi connectivity index (χ0n) is 8.93. The van der Waals surface area contributed by atoms with Crippen LogP contribution in [0.3, 0.4) is 0 Å². The Labute approximate surface area is 97.5 Å². The molecule has 0 nitrogen and oxygen atoms in total. The Morgan fingerprint density at radius 1 is 1.08 bits per heavy atom. The van der Waals surface area contributed by atoms with Crippen LogP contribution in [0.1, 0.15) is 46.5 Å². The summed E-state index contributed by atoms with van der Waals surface area (Å²) in [5.74, 6) is 0. The molecule has 3 heteroatoms. The van der Waals surface area contributed by atoms with Crippen LogP contribution in [-0.4, -0.2) is 4.61 Å². The first-order valence-corrected chi connectivity index (χ1v) is 9.94. The molecule has 13 heavy (non-hydrogen) atoms. The molecule has 0 bridgehead atoms. The maximum absolute atomic E-state index is 5.32. The third-order valence-corrected chi connectivity index (χ3v) is 3.45. The van der Waals surface area contributed by atoms with Gasteiger partial charge in [-0.05, 0) is 0 Å². The fraction of sp³-hybridized carbons (Fsp3) is 0.700. The second-order valence-corrected chi connectivity index (χ2v) is 8.34. The van der Waals surface area contributed by atoms with Gasteiger partial charge in [-0.1, -0.05) is 26.7 Å². The van der Waals surface area contributed by atoms with E-state index in [9.17, 15) is 0 Å². The summed E-state index contributed by atoms with van der Waals surface area (Å²) < 4.78 is 1.84. The van der Waals surface area contributed by atoms with E-state index in [4.69, 9.17) is 19.4 Å². The second kappa shape index (κ2) is 23.1. The largest absolute Gasteiger partial charge is 0.343 e. The molecule has 0 aromatic carbocycles. The topological polar surface area (TPSA) is 0 Å². The SMILES string of the molecule is C[CH]=[Ru]([Cl])[Cl].[CH2-]CCC.[CH2-]CCC. The number of unbranched alkanes of at least 4 members (excludes halogenated alkanes) is 2. The third-order valence-electron chi connectivity index (χ3n) is 0.861. The van der Waals surface area contributed by atoms with E-state index in [0.29, 0.717) is 0 Å². The zero-order valence-corrected chi connectivity index (χ0v) is 12.2. The smallest absolute Gasteiger partial charge is 0.0678 e. The van der Waals surface area contributed by atoms with E-state index in [1.165, 1.54) is 12.8 Å². The summed E-state index contributed by atoms with van der Waals surface area (Å²) in [5.41, 5.74) is 0. The quantitative estimate of drug-likeness (QED) is 0.498. The Bertz CT molecular complexity index is 80.9. The van der Waals surface area contributed by atoms with Crippen LogP contribution < -0.4 is 0 Å². The van der Waals surface area contributed by atoms with E-state index in [0.717, 1.165) is 12.8 Å². The van der Waals surface area contributed by atoms with Gasteiger partial charge in [0.1, 0.15) is 0 Å². The van der Waals surface area contributed by atoms with E-state index in [-0.39, 0.29) is 0 Å². The molecule has 0 radical (unpaired) electrons. The van der Waals surface area contributed by atoms with Gasteiger partial charge in [-0.2, -0.15) is 12.8 Å². The maximum atomic E-state index is 5.32. The minimum Gasteiger partial charge on any atom is -0.343 e. The molecule has 0 unspecified atom stereocenters. The maximum Gasteiger partial charge on any atom is -0.0678 e. The van der Waals surface area contributed by atoms with Crippen LogP contribution in [0.15, 0.2) is 0 Å². The van der Waals surface area contributed by atoms with Crippen LogP contribution in [0.5, 0.6) is 0 Å². The fourth-order valence-corrected chi connectivity index (χ4v) is 0. The molecule has 0 heterocycles. The monoisotopic (exact) mass is 314 g/mol. The summed E-state index contributed by atoms with van der Waals surface area (Å²) >= 11 is -1.36. The summed E-state index contributed by atoms with van der Waals surface area (Å²) in [5, 5.41) is 0. The molecule has 0 atom stereocenters. The van der Waals surface area contributed by atoms with Crippen molar-refractivity contribution in [1.29, 1.82) is 0 Å². The average molecular weight is 314 g/mol. The number of hydrogen-bond donors (Lipinski definition) is 0. The molecule has 0 aliphatic rings. The molecular formula is C10H22Cl2Ru-2. The molecule has 0 aromatic rings. The van der Waals surface area contributed by atoms with Gasteiger partial charge in [0, 0.05) is 0 Å². The third kappa shape index (κ3) is 62.3. The number of hydrogen-bond acceptors (Lipinski definition) is 0. The van der Waals surface area contributed by atoms with Crippen LogP contribution in [0.4, 0.5) is 0 Å². The summed E-state index contributed by atoms with van der Waals surface area (Å²) in [4.78, 5) is 0. The molecule has 0 aliphatic heterocycles. The van der Waals surface area contributed by atoms with Gasteiger partial charge in [-0.25, -0.2) is 0 Å². The second-order valence-electron chi connectivity index (χ2n) is 2.12. The Morgan fingerprint density at radius 3 is 1.23 bits per heavy atom. The molecule has 0 amide bonds. The molecule has 0 aromatic heterocycles. The van der Waals surface area contributed by atoms with Crippen LogP contribution in [-0.2, 0) is 13.5 Å². The minimum atomic E-state index is -1.36. The van der Waals surface area contributed by atoms with E-state index >= 15 is 0 Å². The van der Waals surface area contributed by atoms with Gasteiger partial charge >= 0.3 is 44.4 Å². The summed E-state index contributed by atoms with van der Waals surface area (Å²) in [7, 11) is 10.6. The number of halogens is 2. The standard InChI is InChI=1S/2C4H9.C2H4.2ClH.Ru/c2*1-3-4-2;1-2;;;/h2*1,3-4H2,2H3;1H,2H3;2*1H;/q2*-1;;;;+2/p-2. The Morgan fingerprint density at radius 2 is 1.23 bits per heavy atom. The van der Waals surface area contributed by atoms with Crippen LogP contribution in [0, 0.1) is 13.8 Å². The number of rotatable bonds is 2. The first kappa shape index (κ1) is 19.6. The molecule has 0 rings (SSSR count). The van der Waals surface area contributed by atoms with Gasteiger partial charge in [0.15, 0.2) is 0 Å². The van der Waals surface area contributed by atoms with Crippen molar-refractivity contribution in [2.24, 2.45) is 0 Å². The molecule has 86 valence electrons. The Hall–Kier alpha value is 1.07. The first-order chi connectivity index (χ1) is 6.10. The molecule has 0 N–H and O–H groups in total. The van der Waals surface area contributed by atoms with Crippen molar-refractivity contribution in [3.8, 4) is 0 Å². The van der Waals surface area contributed by atoms with Crippen LogP contribution >= 0.6 is 19.4 Å². The zero-order chi connectivity index (χ0) is 11.1. The fourth-order valence-electron chi connectivity index (χ4n) is 0. The molecule has 0 spiro atoms. The minimum absolute atomic E-state index is 1.07. The molecular weight excluding hydrogens is 292 g/mol. The molecule has 0 saturated carbocycles. The summed E-state index contributed by atoms with van der Waals surface area (Å²) in [6, 6.07) is 0. The first-order valence-electron chi connectivity index (χ1n) is 4.46. The van der Waals surface area contributed by atoms with E-state index in [1.54, 1.807) is 0 Å². The van der Waals surface area contributed by atoms with Crippen LogP contribution in [0.2, 0.25) is 0 Å². The summed E-state index contributed by atoms with van der Waals surface area (Å²) in [6.45, 7) is 13.3. The van der Waals surface area contributed by atoms with Crippen molar-refractivity contribution < 1.29 is 13.5 Å². The van der Waals surface area contributed by atoms with Crippen molar-refractivity contribution >= 4 is 24.0 Å². The predicted octanol–water partition coefficient (Wildman–Crippen LogP) is 4.98. The average Bonchev–Trinajstić information content (AvgIpc) is 2.18. The van der Waals surface area contributed by atoms with Crippen molar-refractivity contribution in [3.05, 3.63) is 13.8 Å². The van der Waals surface area contributed by atoms with Crippen molar-refractivity contribution in [1.82, 2.24) is 0 Å². The van der Waals surface area contributed by atoms with Crippen molar-refractivity contribution in [2.75, 3.05) is 0 Å². The van der Waals surface area contributed by atoms with E-state index in [1.807, 2.05) is 11.5 Å². The molecule has 0 saturated heterocycles. The van der Waals surface area contributed by atoms with Gasteiger partial charge in [-0.3, -0.25) is 0 Å². The van der Waals surface area contributed by atoms with Gasteiger partial charge in [0.2, 0.25) is 0 Å². The van der Waals surface area contributed by atoms with E-state index < -0.39 is 13.5 Å². The van der Waals surface area contributed by atoms with Crippen LogP contribution in [0.25, 0.3) is 0 Å². The van der Waals surface area contributed by atoms with Crippen molar-refractivity contribution in [2.45, 2.75) is 46.5 Å². The molecule has 0 aliphatic carbocycles. The van der Waals surface area contributed by atoms with Gasteiger partial charge in [0.25, 0.3) is 0 Å². The van der Waals surface area contributed by atoms with E-state index in [2.05, 4.69) is 27.7 Å². The molecule has 0 fully saturated rings. The Kier molecular flexibility index (Phi) is 34.9. The summed E-state index contributed by atoms with van der Waals surface area (Å²) in [6.07, 6.45) is 4.56. The van der Waals surface area contributed by atoms with Gasteiger partial charge in [0.05, 0.1) is 0 Å². The van der Waals surface area contributed by atoms with Gasteiger partial charge in [-0.15, -0.1) is 0 Å². The normalized spacial score (nSPS) is 8.69. The van der Waals surface area contributed by atoms with Crippen molar-refractivity contribution in [3.63, 3.8) is 0 Å².